The van der Waals surface area contributed by atoms with Crippen molar-refractivity contribution in [3.63, 3.8) is 0 Å². The van der Waals surface area contributed by atoms with Gasteiger partial charge in [0.25, 0.3) is 0 Å². The smallest absolute Gasteiger partial charge is 0.151 e. The summed E-state index contributed by atoms with van der Waals surface area (Å²) in [6, 6.07) is 4.00. The van der Waals surface area contributed by atoms with Crippen LogP contribution in [0.5, 0.6) is 0 Å². The zero-order valence-electron chi connectivity index (χ0n) is 8.27. The molecule has 6 heteroatoms. The lowest BCUT2D eigenvalue weighted by Gasteiger charge is -2.30. The molecule has 4 nitrogen and oxygen atoms in total. The highest BCUT2D eigenvalue weighted by molar-refractivity contribution is 6.29. The number of piperidine rings is 1. The Bertz CT molecular complexity index is 295. The van der Waals surface area contributed by atoms with Crippen molar-refractivity contribution in [1.29, 1.82) is 0 Å². The third-order valence-electron chi connectivity index (χ3n) is 2.48. The molecule has 0 unspecified atom stereocenters. The largest absolute Gasteiger partial charge is 0.355 e. The monoisotopic (exact) mass is 248 g/mol. The zero-order chi connectivity index (χ0) is 9.97. The Morgan fingerprint density at radius 2 is 1.93 bits per heavy atom. The SMILES string of the molecule is Cl.NC1CCN(c2ccc(Cl)nn2)CC1. The van der Waals surface area contributed by atoms with Crippen molar-refractivity contribution in [3.8, 4) is 0 Å². The van der Waals surface area contributed by atoms with E-state index >= 15 is 0 Å². The predicted octanol–water partition coefficient (Wildman–Crippen LogP) is 1.48. The Balaban J connectivity index is 0.00000112. The third-order valence-corrected chi connectivity index (χ3v) is 2.68. The Labute approximate surface area is 100 Å². The number of hydrogen-bond donors (Lipinski definition) is 1. The van der Waals surface area contributed by atoms with Crippen molar-refractivity contribution in [1.82, 2.24) is 10.2 Å². The number of aromatic nitrogens is 2. The van der Waals surface area contributed by atoms with Gasteiger partial charge in [0.2, 0.25) is 0 Å². The highest BCUT2D eigenvalue weighted by Crippen LogP contribution is 2.16. The lowest BCUT2D eigenvalue weighted by Crippen LogP contribution is -2.40. The van der Waals surface area contributed by atoms with Gasteiger partial charge in [0, 0.05) is 19.1 Å². The molecular weight excluding hydrogens is 235 g/mol. The van der Waals surface area contributed by atoms with Crippen LogP contribution >= 0.6 is 24.0 Å². The molecule has 1 saturated heterocycles. The Morgan fingerprint density at radius 1 is 1.27 bits per heavy atom. The molecule has 15 heavy (non-hydrogen) atoms. The van der Waals surface area contributed by atoms with Crippen LogP contribution in [0.15, 0.2) is 12.1 Å². The van der Waals surface area contributed by atoms with E-state index < -0.39 is 0 Å². The summed E-state index contributed by atoms with van der Waals surface area (Å²) >= 11 is 5.66. The van der Waals surface area contributed by atoms with Gasteiger partial charge in [-0.3, -0.25) is 0 Å². The first-order chi connectivity index (χ1) is 6.75. The number of nitrogens with two attached hydrogens (primary N) is 1. The average Bonchev–Trinajstić information content (AvgIpc) is 2.21. The van der Waals surface area contributed by atoms with Gasteiger partial charge >= 0.3 is 0 Å². The minimum absolute atomic E-state index is 0. The fourth-order valence-electron chi connectivity index (χ4n) is 1.61. The molecule has 0 amide bonds. The second kappa shape index (κ2) is 5.49. The number of nitrogens with zero attached hydrogens (tertiary/aromatic N) is 3. The van der Waals surface area contributed by atoms with Crippen molar-refractivity contribution in [3.05, 3.63) is 17.3 Å². The molecule has 2 heterocycles. The molecule has 84 valence electrons. The maximum absolute atomic E-state index is 5.82. The maximum atomic E-state index is 5.82. The molecule has 2 rings (SSSR count). The normalized spacial score (nSPS) is 17.3. The summed E-state index contributed by atoms with van der Waals surface area (Å²) in [5.41, 5.74) is 5.82. The van der Waals surface area contributed by atoms with Gasteiger partial charge in [-0.15, -0.1) is 22.6 Å². The van der Waals surface area contributed by atoms with Crippen molar-refractivity contribution >= 4 is 29.8 Å². The Morgan fingerprint density at radius 3 is 2.47 bits per heavy atom. The van der Waals surface area contributed by atoms with Gasteiger partial charge in [0.1, 0.15) is 0 Å². The fraction of sp³-hybridized carbons (Fsp3) is 0.556. The molecule has 1 aliphatic rings. The van der Waals surface area contributed by atoms with Gasteiger partial charge < -0.3 is 10.6 Å². The van der Waals surface area contributed by atoms with Crippen molar-refractivity contribution in [2.24, 2.45) is 5.73 Å². The summed E-state index contributed by atoms with van der Waals surface area (Å²) in [7, 11) is 0. The van der Waals surface area contributed by atoms with Gasteiger partial charge in [-0.25, -0.2) is 0 Å². The highest BCUT2D eigenvalue weighted by Gasteiger charge is 2.17. The van der Waals surface area contributed by atoms with Gasteiger partial charge in [-0.05, 0) is 25.0 Å². The maximum Gasteiger partial charge on any atom is 0.151 e. The van der Waals surface area contributed by atoms with E-state index in [9.17, 15) is 0 Å². The van der Waals surface area contributed by atoms with Gasteiger partial charge in [0.05, 0.1) is 0 Å². The molecule has 0 aromatic carbocycles. The topological polar surface area (TPSA) is 55.0 Å². The minimum Gasteiger partial charge on any atom is -0.355 e. The quantitative estimate of drug-likeness (QED) is 0.819. The standard InChI is InChI=1S/C9H13ClN4.ClH/c10-8-1-2-9(13-12-8)14-5-3-7(11)4-6-14;/h1-2,7H,3-6,11H2;1H. The van der Waals surface area contributed by atoms with E-state index in [4.69, 9.17) is 17.3 Å². The van der Waals surface area contributed by atoms with Crippen molar-refractivity contribution in [2.45, 2.75) is 18.9 Å². The fourth-order valence-corrected chi connectivity index (χ4v) is 1.71. The van der Waals surface area contributed by atoms with E-state index in [0.29, 0.717) is 11.2 Å². The van der Waals surface area contributed by atoms with E-state index in [-0.39, 0.29) is 12.4 Å². The third kappa shape index (κ3) is 3.19. The van der Waals surface area contributed by atoms with Crippen molar-refractivity contribution in [2.75, 3.05) is 18.0 Å². The molecule has 0 aliphatic carbocycles. The van der Waals surface area contributed by atoms with Crippen LogP contribution in [-0.2, 0) is 0 Å². The molecule has 1 aromatic rings. The first-order valence-corrected chi connectivity index (χ1v) is 5.13. The Kier molecular flexibility index (Phi) is 4.57. The van der Waals surface area contributed by atoms with Crippen LogP contribution in [0.25, 0.3) is 0 Å². The van der Waals surface area contributed by atoms with Crippen molar-refractivity contribution < 1.29 is 0 Å². The summed E-state index contributed by atoms with van der Waals surface area (Å²) in [5.74, 6) is 0.890. The first-order valence-electron chi connectivity index (χ1n) is 4.75. The second-order valence-corrected chi connectivity index (χ2v) is 3.93. The predicted molar refractivity (Wildman–Crippen MR) is 63.7 cm³/mol. The van der Waals surface area contributed by atoms with E-state index in [1.165, 1.54) is 0 Å². The highest BCUT2D eigenvalue weighted by atomic mass is 35.5. The summed E-state index contributed by atoms with van der Waals surface area (Å²) in [6.45, 7) is 1.91. The van der Waals surface area contributed by atoms with Crippen LogP contribution in [0, 0.1) is 0 Å². The molecule has 0 saturated carbocycles. The van der Waals surface area contributed by atoms with Crippen LogP contribution in [-0.4, -0.2) is 29.3 Å². The number of hydrogen-bond acceptors (Lipinski definition) is 4. The Hall–Kier alpha value is -0.580. The summed E-state index contributed by atoms with van der Waals surface area (Å²) < 4.78 is 0. The van der Waals surface area contributed by atoms with E-state index in [1.807, 2.05) is 6.07 Å². The van der Waals surface area contributed by atoms with Crippen LogP contribution in [0.3, 0.4) is 0 Å². The van der Waals surface area contributed by atoms with Crippen LogP contribution in [0.4, 0.5) is 5.82 Å². The van der Waals surface area contributed by atoms with E-state index in [0.717, 1.165) is 31.7 Å². The van der Waals surface area contributed by atoms with Crippen LogP contribution in [0.2, 0.25) is 5.15 Å². The molecule has 0 atom stereocenters. The van der Waals surface area contributed by atoms with E-state index in [2.05, 4.69) is 15.1 Å². The molecule has 2 N–H and O–H groups in total. The van der Waals surface area contributed by atoms with Crippen LogP contribution < -0.4 is 10.6 Å². The molecule has 0 spiro atoms. The lowest BCUT2D eigenvalue weighted by atomic mass is 10.1. The molecule has 1 aliphatic heterocycles. The average molecular weight is 249 g/mol. The number of anilines is 1. The van der Waals surface area contributed by atoms with Gasteiger partial charge in [-0.2, -0.15) is 0 Å². The summed E-state index contributed by atoms with van der Waals surface area (Å²) in [4.78, 5) is 2.19. The summed E-state index contributed by atoms with van der Waals surface area (Å²) in [6.07, 6.45) is 2.04. The molecule has 1 fully saturated rings. The second-order valence-electron chi connectivity index (χ2n) is 3.54. The lowest BCUT2D eigenvalue weighted by molar-refractivity contribution is 0.497. The molecule has 0 bridgehead atoms. The summed E-state index contributed by atoms with van der Waals surface area (Å²) in [5, 5.41) is 8.28. The van der Waals surface area contributed by atoms with Gasteiger partial charge in [0.15, 0.2) is 11.0 Å². The van der Waals surface area contributed by atoms with Crippen LogP contribution in [0.1, 0.15) is 12.8 Å². The zero-order valence-corrected chi connectivity index (χ0v) is 9.84. The minimum atomic E-state index is 0. The molecular formula is C9H14Cl2N4. The number of halogens is 2. The molecule has 0 radical (unpaired) electrons. The molecule has 1 aromatic heterocycles. The van der Waals surface area contributed by atoms with Gasteiger partial charge in [-0.1, -0.05) is 11.6 Å². The number of rotatable bonds is 1. The van der Waals surface area contributed by atoms with E-state index in [1.54, 1.807) is 6.07 Å². The first kappa shape index (κ1) is 12.5.